The van der Waals surface area contributed by atoms with Gasteiger partial charge in [0, 0.05) is 26.0 Å². The van der Waals surface area contributed by atoms with E-state index in [2.05, 4.69) is 27.0 Å². The third-order valence-electron chi connectivity index (χ3n) is 3.43. The highest BCUT2D eigenvalue weighted by Crippen LogP contribution is 2.24. The average Bonchev–Trinajstić information content (AvgIpc) is 2.84. The summed E-state index contributed by atoms with van der Waals surface area (Å²) in [6, 6.07) is 10.3. The molecule has 2 aromatic heterocycles. The summed E-state index contributed by atoms with van der Waals surface area (Å²) < 4.78 is 2.02. The number of aromatic nitrogens is 3. The predicted molar refractivity (Wildman–Crippen MR) is 87.5 cm³/mol. The SMILES string of the molecule is Cc1cnc2c(c1)nc(CCl)n2-c1cccc(N(C)C)c1. The third-order valence-corrected chi connectivity index (χ3v) is 3.67. The predicted octanol–water partition coefficient (Wildman–Crippen LogP) is 3.53. The Labute approximate surface area is 129 Å². The van der Waals surface area contributed by atoms with E-state index in [-0.39, 0.29) is 0 Å². The topological polar surface area (TPSA) is 34.0 Å². The van der Waals surface area contributed by atoms with E-state index in [4.69, 9.17) is 11.6 Å². The van der Waals surface area contributed by atoms with Crippen molar-refractivity contribution in [1.82, 2.24) is 14.5 Å². The zero-order chi connectivity index (χ0) is 15.0. The van der Waals surface area contributed by atoms with Gasteiger partial charge in [-0.05, 0) is 36.8 Å². The minimum Gasteiger partial charge on any atom is -0.378 e. The van der Waals surface area contributed by atoms with Crippen molar-refractivity contribution in [2.75, 3.05) is 19.0 Å². The minimum atomic E-state index is 0.349. The fourth-order valence-corrected chi connectivity index (χ4v) is 2.56. The number of hydrogen-bond donors (Lipinski definition) is 0. The van der Waals surface area contributed by atoms with E-state index >= 15 is 0 Å². The molecule has 4 nitrogen and oxygen atoms in total. The van der Waals surface area contributed by atoms with E-state index in [9.17, 15) is 0 Å². The summed E-state index contributed by atoms with van der Waals surface area (Å²) >= 11 is 6.07. The number of hydrogen-bond acceptors (Lipinski definition) is 3. The molecular weight excluding hydrogens is 284 g/mol. The molecule has 0 saturated heterocycles. The highest BCUT2D eigenvalue weighted by Gasteiger charge is 2.13. The van der Waals surface area contributed by atoms with Gasteiger partial charge in [0.05, 0.1) is 11.6 Å². The van der Waals surface area contributed by atoms with Crippen LogP contribution in [0.4, 0.5) is 5.69 Å². The molecule has 0 radical (unpaired) electrons. The molecule has 0 atom stereocenters. The molecule has 5 heteroatoms. The molecule has 3 aromatic rings. The Morgan fingerprint density at radius 3 is 2.76 bits per heavy atom. The first-order valence-corrected chi connectivity index (χ1v) is 7.31. The first-order valence-electron chi connectivity index (χ1n) is 6.78. The molecule has 0 bridgehead atoms. The molecule has 3 rings (SSSR count). The van der Waals surface area contributed by atoms with Crippen LogP contribution in [-0.2, 0) is 5.88 Å². The van der Waals surface area contributed by atoms with Crippen molar-refractivity contribution in [2.45, 2.75) is 12.8 Å². The summed E-state index contributed by atoms with van der Waals surface area (Å²) in [5, 5.41) is 0. The molecule has 0 spiro atoms. The van der Waals surface area contributed by atoms with Crippen LogP contribution in [0.2, 0.25) is 0 Å². The lowest BCUT2D eigenvalue weighted by molar-refractivity contribution is 0.967. The van der Waals surface area contributed by atoms with Crippen LogP contribution in [0.25, 0.3) is 16.9 Å². The average molecular weight is 301 g/mol. The number of benzene rings is 1. The maximum atomic E-state index is 6.07. The fraction of sp³-hybridized carbons (Fsp3) is 0.250. The van der Waals surface area contributed by atoms with Crippen molar-refractivity contribution in [3.05, 3.63) is 47.9 Å². The highest BCUT2D eigenvalue weighted by molar-refractivity contribution is 6.16. The molecule has 21 heavy (non-hydrogen) atoms. The van der Waals surface area contributed by atoms with Crippen LogP contribution in [0.1, 0.15) is 11.4 Å². The second-order valence-corrected chi connectivity index (χ2v) is 5.53. The number of alkyl halides is 1. The Balaban J connectivity index is 2.25. The Morgan fingerprint density at radius 1 is 1.24 bits per heavy atom. The van der Waals surface area contributed by atoms with Gasteiger partial charge in [-0.25, -0.2) is 9.97 Å². The standard InChI is InChI=1S/C16H17ClN4/c1-11-7-14-16(18-10-11)21(15(9-17)19-14)13-6-4-5-12(8-13)20(2)3/h4-8,10H,9H2,1-3H3. The zero-order valence-electron chi connectivity index (χ0n) is 12.3. The van der Waals surface area contributed by atoms with Crippen molar-refractivity contribution < 1.29 is 0 Å². The van der Waals surface area contributed by atoms with Gasteiger partial charge in [0.25, 0.3) is 0 Å². The first-order chi connectivity index (χ1) is 10.1. The second-order valence-electron chi connectivity index (χ2n) is 5.27. The molecule has 0 unspecified atom stereocenters. The number of anilines is 1. The fourth-order valence-electron chi connectivity index (χ4n) is 2.38. The van der Waals surface area contributed by atoms with E-state index in [0.29, 0.717) is 5.88 Å². The number of imidazole rings is 1. The van der Waals surface area contributed by atoms with Gasteiger partial charge in [-0.15, -0.1) is 11.6 Å². The molecular formula is C16H17ClN4. The molecule has 0 saturated carbocycles. The van der Waals surface area contributed by atoms with Gasteiger partial charge < -0.3 is 4.90 Å². The number of fused-ring (bicyclic) bond motifs is 1. The molecule has 1 aromatic carbocycles. The lowest BCUT2D eigenvalue weighted by Crippen LogP contribution is -2.09. The van der Waals surface area contributed by atoms with Crippen molar-refractivity contribution in [1.29, 1.82) is 0 Å². The summed E-state index contributed by atoms with van der Waals surface area (Å²) in [4.78, 5) is 11.2. The molecule has 108 valence electrons. The summed E-state index contributed by atoms with van der Waals surface area (Å²) in [5.74, 6) is 1.15. The second kappa shape index (κ2) is 5.37. The Kier molecular flexibility index (Phi) is 3.55. The van der Waals surface area contributed by atoms with Crippen LogP contribution < -0.4 is 4.90 Å². The molecule has 0 N–H and O–H groups in total. The number of pyridine rings is 1. The summed E-state index contributed by atoms with van der Waals surface area (Å²) in [7, 11) is 4.05. The monoisotopic (exact) mass is 300 g/mol. The summed E-state index contributed by atoms with van der Waals surface area (Å²) in [5.41, 5.74) is 4.96. The van der Waals surface area contributed by atoms with Gasteiger partial charge in [0.1, 0.15) is 11.3 Å². The largest absolute Gasteiger partial charge is 0.378 e. The number of halogens is 1. The van der Waals surface area contributed by atoms with E-state index in [1.165, 1.54) is 0 Å². The highest BCUT2D eigenvalue weighted by atomic mass is 35.5. The maximum Gasteiger partial charge on any atom is 0.164 e. The number of rotatable bonds is 3. The van der Waals surface area contributed by atoms with E-state index in [1.54, 1.807) is 0 Å². The van der Waals surface area contributed by atoms with Crippen molar-refractivity contribution in [2.24, 2.45) is 0 Å². The van der Waals surface area contributed by atoms with Crippen LogP contribution in [0.15, 0.2) is 36.5 Å². The normalized spacial score (nSPS) is 11.0. The van der Waals surface area contributed by atoms with Crippen LogP contribution >= 0.6 is 11.6 Å². The molecule has 0 aliphatic rings. The summed E-state index contributed by atoms with van der Waals surface area (Å²) in [6.07, 6.45) is 1.86. The van der Waals surface area contributed by atoms with E-state index in [1.807, 2.05) is 50.0 Å². The number of nitrogens with zero attached hydrogens (tertiary/aromatic N) is 4. The Bertz CT molecular complexity index is 792. The van der Waals surface area contributed by atoms with Gasteiger partial charge in [-0.2, -0.15) is 0 Å². The zero-order valence-corrected chi connectivity index (χ0v) is 13.1. The molecule has 0 amide bonds. The van der Waals surface area contributed by atoms with E-state index in [0.717, 1.165) is 33.9 Å². The van der Waals surface area contributed by atoms with Gasteiger partial charge >= 0.3 is 0 Å². The lowest BCUT2D eigenvalue weighted by atomic mass is 10.2. The van der Waals surface area contributed by atoms with Gasteiger partial charge in [-0.3, -0.25) is 4.57 Å². The number of aryl methyl sites for hydroxylation is 1. The Hall–Kier alpha value is -2.07. The summed E-state index contributed by atoms with van der Waals surface area (Å²) in [6.45, 7) is 2.01. The maximum absolute atomic E-state index is 6.07. The smallest absolute Gasteiger partial charge is 0.164 e. The van der Waals surface area contributed by atoms with Crippen molar-refractivity contribution in [3.8, 4) is 5.69 Å². The molecule has 0 aliphatic heterocycles. The van der Waals surface area contributed by atoms with E-state index < -0.39 is 0 Å². The minimum absolute atomic E-state index is 0.349. The van der Waals surface area contributed by atoms with Crippen molar-refractivity contribution in [3.63, 3.8) is 0 Å². The molecule has 0 aliphatic carbocycles. The Morgan fingerprint density at radius 2 is 2.05 bits per heavy atom. The molecule has 2 heterocycles. The van der Waals surface area contributed by atoms with Crippen LogP contribution in [-0.4, -0.2) is 28.6 Å². The lowest BCUT2D eigenvalue weighted by Gasteiger charge is -2.15. The quantitative estimate of drug-likeness (QED) is 0.694. The van der Waals surface area contributed by atoms with Crippen molar-refractivity contribution >= 4 is 28.5 Å². The van der Waals surface area contributed by atoms with Gasteiger partial charge in [-0.1, -0.05) is 6.07 Å². The first kappa shape index (κ1) is 13.9. The van der Waals surface area contributed by atoms with Gasteiger partial charge in [0.2, 0.25) is 0 Å². The third kappa shape index (κ3) is 2.47. The molecule has 0 fully saturated rings. The van der Waals surface area contributed by atoms with Crippen LogP contribution in [0.3, 0.4) is 0 Å². The van der Waals surface area contributed by atoms with Gasteiger partial charge in [0.15, 0.2) is 5.65 Å². The van der Waals surface area contributed by atoms with Crippen LogP contribution in [0.5, 0.6) is 0 Å². The van der Waals surface area contributed by atoms with Crippen LogP contribution in [0, 0.1) is 6.92 Å².